The Morgan fingerprint density at radius 3 is 1.08 bits per heavy atom. The number of benzene rings is 11. The summed E-state index contributed by atoms with van der Waals surface area (Å²) in [7, 11) is 0. The van der Waals surface area contributed by atoms with Crippen molar-refractivity contribution in [2.24, 2.45) is 0 Å². The normalized spacial score (nSPS) is 11.7. The van der Waals surface area contributed by atoms with E-state index in [4.69, 9.17) is 15.0 Å². The summed E-state index contributed by atoms with van der Waals surface area (Å²) in [5.74, 6) is 1.89. The zero-order valence-corrected chi connectivity index (χ0v) is 40.6. The molecule has 4 aromatic heterocycles. The Labute approximate surface area is 432 Å². The van der Waals surface area contributed by atoms with Crippen molar-refractivity contribution >= 4 is 65.4 Å². The van der Waals surface area contributed by atoms with Crippen molar-refractivity contribution in [1.29, 1.82) is 0 Å². The van der Waals surface area contributed by atoms with E-state index in [1.54, 1.807) is 0 Å². The van der Waals surface area contributed by atoms with Gasteiger partial charge in [-0.05, 0) is 101 Å². The third-order valence-corrected chi connectivity index (χ3v) is 14.9. The molecule has 15 rings (SSSR count). The molecule has 6 nitrogen and oxygen atoms in total. The molecule has 15 aromatic rings. The molecule has 0 aliphatic rings. The largest absolute Gasteiger partial charge is 0.309 e. The summed E-state index contributed by atoms with van der Waals surface area (Å²) in [6.45, 7) is 0. The maximum Gasteiger partial charge on any atom is 0.164 e. The van der Waals surface area contributed by atoms with Crippen LogP contribution in [0.15, 0.2) is 267 Å². The summed E-state index contributed by atoms with van der Waals surface area (Å²) < 4.78 is 7.29. The van der Waals surface area contributed by atoms with Gasteiger partial charge in [-0.1, -0.05) is 188 Å². The Balaban J connectivity index is 0.917. The molecule has 0 saturated carbocycles. The smallest absolute Gasteiger partial charge is 0.164 e. The number of nitrogens with zero attached hydrogens (tertiary/aromatic N) is 6. The molecule has 0 radical (unpaired) electrons. The molecule has 0 N–H and O–H groups in total. The first-order chi connectivity index (χ1) is 37.2. The monoisotopic (exact) mass is 956 g/mol. The van der Waals surface area contributed by atoms with Crippen LogP contribution in [0.1, 0.15) is 0 Å². The van der Waals surface area contributed by atoms with Crippen molar-refractivity contribution in [3.05, 3.63) is 267 Å². The third kappa shape index (κ3) is 6.99. The molecular formula is C69H44N6. The van der Waals surface area contributed by atoms with Crippen molar-refractivity contribution in [2.75, 3.05) is 0 Å². The highest BCUT2D eigenvalue weighted by Crippen LogP contribution is 2.42. The van der Waals surface area contributed by atoms with Crippen molar-refractivity contribution in [3.8, 4) is 73.5 Å². The predicted octanol–water partition coefficient (Wildman–Crippen LogP) is 17.5. The van der Waals surface area contributed by atoms with Crippen LogP contribution in [0.25, 0.3) is 139 Å². The highest BCUT2D eigenvalue weighted by Gasteiger charge is 2.22. The van der Waals surface area contributed by atoms with Crippen LogP contribution in [0.4, 0.5) is 0 Å². The van der Waals surface area contributed by atoms with E-state index in [2.05, 4.69) is 220 Å². The van der Waals surface area contributed by atoms with Gasteiger partial charge in [0.05, 0.1) is 44.5 Å². The van der Waals surface area contributed by atoms with E-state index in [1.807, 2.05) is 60.7 Å². The minimum atomic E-state index is 0.618. The lowest BCUT2D eigenvalue weighted by molar-refractivity contribution is 1.07. The molecule has 0 aliphatic carbocycles. The zero-order valence-electron chi connectivity index (χ0n) is 40.6. The Kier molecular flexibility index (Phi) is 9.78. The number of fused-ring (bicyclic) bond motifs is 9. The molecule has 0 atom stereocenters. The van der Waals surface area contributed by atoms with E-state index in [-0.39, 0.29) is 0 Å². The quantitative estimate of drug-likeness (QED) is 0.152. The molecule has 0 unspecified atom stereocenters. The number of aromatic nitrogens is 6. The summed E-state index contributed by atoms with van der Waals surface area (Å²) >= 11 is 0. The van der Waals surface area contributed by atoms with E-state index in [9.17, 15) is 0 Å². The summed E-state index contributed by atoms with van der Waals surface area (Å²) in [6, 6.07) is 95.5. The second-order valence-electron chi connectivity index (χ2n) is 19.2. The van der Waals surface area contributed by atoms with E-state index < -0.39 is 0 Å². The van der Waals surface area contributed by atoms with Crippen LogP contribution >= 0.6 is 0 Å². The van der Waals surface area contributed by atoms with E-state index in [0.717, 1.165) is 66.9 Å². The first-order valence-electron chi connectivity index (χ1n) is 25.4. The molecule has 0 fully saturated rings. The van der Waals surface area contributed by atoms with Gasteiger partial charge in [-0.25, -0.2) is 15.0 Å². The molecule has 6 heteroatoms. The fraction of sp³-hybridized carbons (Fsp3) is 0. The van der Waals surface area contributed by atoms with Gasteiger partial charge in [0.15, 0.2) is 17.5 Å². The SMILES string of the molecule is c1ccc(-c2nc(-c3ccccc3)nc(-c3cccc(-c4ccc(-n5c6ccccc6c6cc(-c7ccc8c(c7)c7ccccc7n8-c7ccccc7)ccc65)c(-n5c6ccccc6c6ccccc65)c4)c3)n2)cc1. The lowest BCUT2D eigenvalue weighted by Gasteiger charge is -2.18. The molecule has 0 saturated heterocycles. The average Bonchev–Trinajstić information content (AvgIpc) is 4.18. The van der Waals surface area contributed by atoms with Crippen LogP contribution in [-0.4, -0.2) is 28.7 Å². The first-order valence-corrected chi connectivity index (χ1v) is 25.4. The van der Waals surface area contributed by atoms with E-state index in [1.165, 1.54) is 54.5 Å². The number of para-hydroxylation sites is 5. The summed E-state index contributed by atoms with van der Waals surface area (Å²) in [5.41, 5.74) is 17.5. The molecule has 0 amide bonds. The molecule has 0 spiro atoms. The van der Waals surface area contributed by atoms with Gasteiger partial charge in [-0.2, -0.15) is 0 Å². The van der Waals surface area contributed by atoms with Crippen molar-refractivity contribution in [2.45, 2.75) is 0 Å². The van der Waals surface area contributed by atoms with Crippen LogP contribution in [-0.2, 0) is 0 Å². The maximum absolute atomic E-state index is 5.10. The standard InChI is InChI=1S/C69H44N6/c1-4-19-45(20-5-1)67-70-68(46-21-6-2-7-22-46)72-69(71-67)51-24-18-23-47(41-51)50-37-40-65(66(44-50)75-60-32-15-10-27-53(60)54-28-11-16-33-61(54)75)74-62-34-17-13-30-56(62)58-43-49(36-39-64(58)74)48-35-38-63-57(42-48)55-29-12-14-31-59(55)73(63)52-25-8-3-9-26-52/h1-44H. The fourth-order valence-corrected chi connectivity index (χ4v) is 11.4. The number of hydrogen-bond acceptors (Lipinski definition) is 3. The Hall–Kier alpha value is -10.2. The maximum atomic E-state index is 5.10. The molecule has 0 bridgehead atoms. The average molecular weight is 957 g/mol. The third-order valence-electron chi connectivity index (χ3n) is 14.9. The van der Waals surface area contributed by atoms with Gasteiger partial charge in [-0.3, -0.25) is 0 Å². The predicted molar refractivity (Wildman–Crippen MR) is 310 cm³/mol. The number of hydrogen-bond donors (Lipinski definition) is 0. The molecule has 4 heterocycles. The van der Waals surface area contributed by atoms with Crippen molar-refractivity contribution < 1.29 is 0 Å². The molecule has 11 aromatic carbocycles. The van der Waals surface area contributed by atoms with Crippen LogP contribution in [0.5, 0.6) is 0 Å². The van der Waals surface area contributed by atoms with Crippen LogP contribution in [0.2, 0.25) is 0 Å². The highest BCUT2D eigenvalue weighted by atomic mass is 15.1. The topological polar surface area (TPSA) is 53.5 Å². The van der Waals surface area contributed by atoms with E-state index in [0.29, 0.717) is 17.5 Å². The molecule has 0 aliphatic heterocycles. The Bertz CT molecular complexity index is 4590. The Morgan fingerprint density at radius 2 is 0.547 bits per heavy atom. The van der Waals surface area contributed by atoms with Crippen molar-refractivity contribution in [3.63, 3.8) is 0 Å². The van der Waals surface area contributed by atoms with Gasteiger partial charge >= 0.3 is 0 Å². The van der Waals surface area contributed by atoms with Gasteiger partial charge in [0.1, 0.15) is 0 Å². The van der Waals surface area contributed by atoms with Gasteiger partial charge in [0, 0.05) is 54.7 Å². The summed E-state index contributed by atoms with van der Waals surface area (Å²) in [4.78, 5) is 15.2. The van der Waals surface area contributed by atoms with Crippen LogP contribution < -0.4 is 0 Å². The van der Waals surface area contributed by atoms with Crippen LogP contribution in [0.3, 0.4) is 0 Å². The van der Waals surface area contributed by atoms with Gasteiger partial charge in [0.2, 0.25) is 0 Å². The summed E-state index contributed by atoms with van der Waals surface area (Å²) in [5, 5.41) is 7.29. The number of rotatable bonds is 8. The minimum Gasteiger partial charge on any atom is -0.309 e. The van der Waals surface area contributed by atoms with E-state index >= 15 is 0 Å². The summed E-state index contributed by atoms with van der Waals surface area (Å²) in [6.07, 6.45) is 0. The van der Waals surface area contributed by atoms with Crippen LogP contribution in [0, 0.1) is 0 Å². The lowest BCUT2D eigenvalue weighted by Crippen LogP contribution is -2.04. The second-order valence-corrected chi connectivity index (χ2v) is 19.2. The van der Waals surface area contributed by atoms with Gasteiger partial charge < -0.3 is 13.7 Å². The molecular weight excluding hydrogens is 913 g/mol. The van der Waals surface area contributed by atoms with Crippen molar-refractivity contribution in [1.82, 2.24) is 28.7 Å². The minimum absolute atomic E-state index is 0.618. The molecule has 75 heavy (non-hydrogen) atoms. The van der Waals surface area contributed by atoms with Gasteiger partial charge in [0.25, 0.3) is 0 Å². The zero-order chi connectivity index (χ0) is 49.4. The Morgan fingerprint density at radius 1 is 0.200 bits per heavy atom. The lowest BCUT2D eigenvalue weighted by atomic mass is 10.0. The first kappa shape index (κ1) is 42.5. The fourth-order valence-electron chi connectivity index (χ4n) is 11.4. The molecule has 350 valence electrons. The van der Waals surface area contributed by atoms with Gasteiger partial charge in [-0.15, -0.1) is 0 Å². The highest BCUT2D eigenvalue weighted by molar-refractivity contribution is 6.14. The second kappa shape index (κ2) is 17.3.